The highest BCUT2D eigenvalue weighted by Crippen LogP contribution is 2.30. The molecule has 3 rings (SSSR count). The molecule has 1 atom stereocenters. The van der Waals surface area contributed by atoms with Crippen molar-refractivity contribution < 1.29 is 5.11 Å². The van der Waals surface area contributed by atoms with Crippen LogP contribution in [0.25, 0.3) is 11.3 Å². The molecule has 28 heavy (non-hydrogen) atoms. The number of aliphatic hydroxyl groups is 1. The molecule has 2 aromatic carbocycles. The first kappa shape index (κ1) is 20.4. The molecular weight excluding hydrogens is 395 g/mol. The zero-order valence-corrected chi connectivity index (χ0v) is 17.2. The van der Waals surface area contributed by atoms with E-state index in [0.717, 1.165) is 11.3 Å². The summed E-state index contributed by atoms with van der Waals surface area (Å²) in [6.07, 6.45) is 0. The molecule has 0 fully saturated rings. The van der Waals surface area contributed by atoms with Crippen LogP contribution in [0.3, 0.4) is 0 Å². The van der Waals surface area contributed by atoms with Gasteiger partial charge in [-0.3, -0.25) is 0 Å². The van der Waals surface area contributed by atoms with Gasteiger partial charge in [-0.05, 0) is 24.1 Å². The molecule has 0 aliphatic carbocycles. The number of hydrogen-bond acceptors (Lipinski definition) is 5. The number of hydrogen-bond donors (Lipinski definition) is 3. The molecular formula is C21H22Cl2N4O. The summed E-state index contributed by atoms with van der Waals surface area (Å²) in [5.41, 5.74) is 2.36. The Morgan fingerprint density at radius 1 is 1.00 bits per heavy atom. The SMILES string of the molecule is CC(C)[C@@H](CO)Nc1nc(Nc2cc(Cl)ccc2Cl)cc(-c2ccccc2)n1. The van der Waals surface area contributed by atoms with E-state index in [4.69, 9.17) is 23.2 Å². The van der Waals surface area contributed by atoms with Gasteiger partial charge in [-0.15, -0.1) is 0 Å². The number of aliphatic hydroxyl groups excluding tert-OH is 1. The highest BCUT2D eigenvalue weighted by atomic mass is 35.5. The van der Waals surface area contributed by atoms with Gasteiger partial charge in [-0.2, -0.15) is 4.98 Å². The van der Waals surface area contributed by atoms with Gasteiger partial charge in [0.1, 0.15) is 5.82 Å². The Labute approximate surface area is 174 Å². The zero-order chi connectivity index (χ0) is 20.1. The van der Waals surface area contributed by atoms with Crippen LogP contribution in [-0.2, 0) is 0 Å². The maximum Gasteiger partial charge on any atom is 0.225 e. The Kier molecular flexibility index (Phi) is 6.73. The van der Waals surface area contributed by atoms with Crippen molar-refractivity contribution in [2.75, 3.05) is 17.2 Å². The van der Waals surface area contributed by atoms with E-state index in [0.29, 0.717) is 27.5 Å². The normalized spacial score (nSPS) is 12.1. The van der Waals surface area contributed by atoms with Crippen molar-refractivity contribution in [2.24, 2.45) is 5.92 Å². The summed E-state index contributed by atoms with van der Waals surface area (Å²) in [5, 5.41) is 17.2. The topological polar surface area (TPSA) is 70.1 Å². The largest absolute Gasteiger partial charge is 0.394 e. The van der Waals surface area contributed by atoms with Crippen molar-refractivity contribution in [3.8, 4) is 11.3 Å². The number of nitrogens with zero attached hydrogens (tertiary/aromatic N) is 2. The first-order valence-corrected chi connectivity index (χ1v) is 9.76. The lowest BCUT2D eigenvalue weighted by molar-refractivity contribution is 0.248. The Morgan fingerprint density at radius 2 is 1.75 bits per heavy atom. The van der Waals surface area contributed by atoms with Crippen LogP contribution in [0.5, 0.6) is 0 Å². The molecule has 3 N–H and O–H groups in total. The maximum atomic E-state index is 9.65. The highest BCUT2D eigenvalue weighted by Gasteiger charge is 2.15. The van der Waals surface area contributed by atoms with Crippen LogP contribution in [0.15, 0.2) is 54.6 Å². The lowest BCUT2D eigenvalue weighted by atomic mass is 10.1. The Morgan fingerprint density at radius 3 is 2.43 bits per heavy atom. The van der Waals surface area contributed by atoms with Crippen LogP contribution in [0.1, 0.15) is 13.8 Å². The minimum atomic E-state index is -0.159. The molecule has 0 unspecified atom stereocenters. The van der Waals surface area contributed by atoms with E-state index in [9.17, 15) is 5.11 Å². The number of rotatable bonds is 7. The monoisotopic (exact) mass is 416 g/mol. The number of aromatic nitrogens is 2. The van der Waals surface area contributed by atoms with E-state index in [2.05, 4.69) is 20.6 Å². The average molecular weight is 417 g/mol. The Bertz CT molecular complexity index is 935. The lowest BCUT2D eigenvalue weighted by Crippen LogP contribution is -2.30. The molecule has 7 heteroatoms. The van der Waals surface area contributed by atoms with Gasteiger partial charge in [0.25, 0.3) is 0 Å². The van der Waals surface area contributed by atoms with Crippen LogP contribution in [0.4, 0.5) is 17.5 Å². The summed E-state index contributed by atoms with van der Waals surface area (Å²) < 4.78 is 0. The second kappa shape index (κ2) is 9.24. The number of nitrogens with one attached hydrogen (secondary N) is 2. The summed E-state index contributed by atoms with van der Waals surface area (Å²) >= 11 is 12.4. The first-order chi connectivity index (χ1) is 13.5. The van der Waals surface area contributed by atoms with Gasteiger partial charge in [0.15, 0.2) is 0 Å². The first-order valence-electron chi connectivity index (χ1n) is 9.00. The lowest BCUT2D eigenvalue weighted by Gasteiger charge is -2.21. The molecule has 5 nitrogen and oxygen atoms in total. The van der Waals surface area contributed by atoms with Gasteiger partial charge in [0.05, 0.1) is 29.1 Å². The van der Waals surface area contributed by atoms with Crippen LogP contribution in [0, 0.1) is 5.92 Å². The van der Waals surface area contributed by atoms with Crippen molar-refractivity contribution in [3.05, 3.63) is 64.6 Å². The van der Waals surface area contributed by atoms with E-state index in [-0.39, 0.29) is 18.6 Å². The molecule has 0 aliphatic rings. The van der Waals surface area contributed by atoms with Gasteiger partial charge in [0, 0.05) is 16.7 Å². The fourth-order valence-electron chi connectivity index (χ4n) is 2.65. The third-order valence-corrected chi connectivity index (χ3v) is 4.87. The predicted molar refractivity (Wildman–Crippen MR) is 117 cm³/mol. The second-order valence-corrected chi connectivity index (χ2v) is 7.60. The van der Waals surface area contributed by atoms with Crippen LogP contribution in [-0.4, -0.2) is 27.7 Å². The van der Waals surface area contributed by atoms with E-state index in [1.807, 2.05) is 50.2 Å². The third-order valence-electron chi connectivity index (χ3n) is 4.30. The van der Waals surface area contributed by atoms with E-state index in [1.54, 1.807) is 18.2 Å². The zero-order valence-electron chi connectivity index (χ0n) is 15.7. The smallest absolute Gasteiger partial charge is 0.225 e. The summed E-state index contributed by atoms with van der Waals surface area (Å²) in [7, 11) is 0. The molecule has 0 amide bonds. The standard InChI is InChI=1S/C21H22Cl2N4O/c1-13(2)19(12-28)26-21-25-17(14-6-4-3-5-7-14)11-20(27-21)24-18-10-15(22)8-9-16(18)23/h3-11,13,19,28H,12H2,1-2H3,(H2,24,25,26,27)/t19-/m1/s1. The molecule has 0 aliphatic heterocycles. The summed E-state index contributed by atoms with van der Waals surface area (Å²) in [6.45, 7) is 4.04. The van der Waals surface area contributed by atoms with Crippen molar-refractivity contribution in [3.63, 3.8) is 0 Å². The van der Waals surface area contributed by atoms with Crippen LogP contribution >= 0.6 is 23.2 Å². The minimum absolute atomic E-state index is 0.0144. The summed E-state index contributed by atoms with van der Waals surface area (Å²) in [5.74, 6) is 1.21. The fourth-order valence-corrected chi connectivity index (χ4v) is 2.99. The minimum Gasteiger partial charge on any atom is -0.394 e. The Balaban J connectivity index is 2.00. The average Bonchev–Trinajstić information content (AvgIpc) is 2.69. The predicted octanol–water partition coefficient (Wildman–Crippen LogP) is 5.62. The van der Waals surface area contributed by atoms with E-state index >= 15 is 0 Å². The molecule has 0 bridgehead atoms. The molecule has 3 aromatic rings. The molecule has 0 radical (unpaired) electrons. The third kappa shape index (κ3) is 5.13. The molecule has 1 heterocycles. The number of halogens is 2. The van der Waals surface area contributed by atoms with Gasteiger partial charge in [0.2, 0.25) is 5.95 Å². The van der Waals surface area contributed by atoms with Crippen molar-refractivity contribution in [2.45, 2.75) is 19.9 Å². The second-order valence-electron chi connectivity index (χ2n) is 6.75. The number of benzene rings is 2. The summed E-state index contributed by atoms with van der Waals surface area (Å²) in [4.78, 5) is 9.17. The van der Waals surface area contributed by atoms with Gasteiger partial charge < -0.3 is 15.7 Å². The molecule has 0 saturated heterocycles. The van der Waals surface area contributed by atoms with Gasteiger partial charge in [-0.1, -0.05) is 67.4 Å². The van der Waals surface area contributed by atoms with Crippen LogP contribution < -0.4 is 10.6 Å². The quantitative estimate of drug-likeness (QED) is 0.465. The van der Waals surface area contributed by atoms with Crippen molar-refractivity contribution in [1.82, 2.24) is 9.97 Å². The van der Waals surface area contributed by atoms with Crippen molar-refractivity contribution >= 4 is 40.7 Å². The fraction of sp³-hybridized carbons (Fsp3) is 0.238. The van der Waals surface area contributed by atoms with E-state index in [1.165, 1.54) is 0 Å². The van der Waals surface area contributed by atoms with Gasteiger partial charge >= 0.3 is 0 Å². The van der Waals surface area contributed by atoms with Crippen molar-refractivity contribution in [1.29, 1.82) is 0 Å². The molecule has 146 valence electrons. The van der Waals surface area contributed by atoms with E-state index < -0.39 is 0 Å². The molecule has 0 spiro atoms. The highest BCUT2D eigenvalue weighted by molar-refractivity contribution is 6.35. The Hall–Kier alpha value is -2.34. The van der Waals surface area contributed by atoms with Gasteiger partial charge in [-0.25, -0.2) is 4.98 Å². The molecule has 0 saturated carbocycles. The van der Waals surface area contributed by atoms with Crippen LogP contribution in [0.2, 0.25) is 10.0 Å². The maximum absolute atomic E-state index is 9.65. The summed E-state index contributed by atoms with van der Waals surface area (Å²) in [6, 6.07) is 16.7. The number of anilines is 3. The molecule has 1 aromatic heterocycles.